The number of para-hydroxylation sites is 1. The first-order valence-electron chi connectivity index (χ1n) is 13.8. The average molecular weight is 576 g/mol. The van der Waals surface area contributed by atoms with Gasteiger partial charge in [0, 0.05) is 49.5 Å². The highest BCUT2D eigenvalue weighted by molar-refractivity contribution is 8.58. The molecule has 2 amide bonds. The van der Waals surface area contributed by atoms with Gasteiger partial charge in [0.1, 0.15) is 5.16 Å². The van der Waals surface area contributed by atoms with Crippen LogP contribution in [0.1, 0.15) is 59.8 Å². The maximum absolute atomic E-state index is 13.5. The number of carbonyl (C=O) groups is 2. The van der Waals surface area contributed by atoms with Crippen LogP contribution in [0.2, 0.25) is 0 Å². The third kappa shape index (κ3) is 10.0. The zero-order valence-corrected chi connectivity index (χ0v) is 25.9. The molecule has 3 N–H and O–H groups in total. The number of anilines is 2. The Morgan fingerprint density at radius 3 is 2.23 bits per heavy atom. The third-order valence-corrected chi connectivity index (χ3v) is 12.7. The summed E-state index contributed by atoms with van der Waals surface area (Å²) in [6.45, 7) is 12.4. The number of primary amides is 1. The first kappa shape index (κ1) is 32.9. The average Bonchev–Trinajstić information content (AvgIpc) is 2.91. The lowest BCUT2D eigenvalue weighted by Crippen LogP contribution is -2.47. The summed E-state index contributed by atoms with van der Waals surface area (Å²) in [6, 6.07) is 17.7. The highest BCUT2D eigenvalue weighted by Crippen LogP contribution is 2.70. The number of nitrogens with zero attached hydrogens (tertiary/aromatic N) is 1. The fourth-order valence-electron chi connectivity index (χ4n) is 4.53. The molecule has 3 rings (SSSR count). The molecule has 0 spiro atoms. The molecule has 0 saturated carbocycles. The van der Waals surface area contributed by atoms with Gasteiger partial charge in [0.05, 0.1) is 0 Å². The van der Waals surface area contributed by atoms with Crippen LogP contribution >= 0.6 is 17.7 Å². The van der Waals surface area contributed by atoms with Crippen molar-refractivity contribution in [2.24, 2.45) is 11.7 Å². The van der Waals surface area contributed by atoms with Crippen molar-refractivity contribution in [3.63, 3.8) is 0 Å². The molecule has 0 aromatic heterocycles. The van der Waals surface area contributed by atoms with Crippen LogP contribution in [0.3, 0.4) is 0 Å². The number of amides is 2. The van der Waals surface area contributed by atoms with Crippen LogP contribution in [0, 0.1) is 5.92 Å². The summed E-state index contributed by atoms with van der Waals surface area (Å²) in [6.07, 6.45) is 1.30. The van der Waals surface area contributed by atoms with Gasteiger partial charge >= 0.3 is 0 Å². The second-order valence-corrected chi connectivity index (χ2v) is 16.3. The third-order valence-electron chi connectivity index (χ3n) is 6.87. The minimum atomic E-state index is -2.89. The highest BCUT2D eigenvalue weighted by atomic mass is 32.7. The summed E-state index contributed by atoms with van der Waals surface area (Å²) < 4.78 is 18.8. The Hall–Kier alpha value is -2.28. The van der Waals surface area contributed by atoms with Crippen LogP contribution in [0.4, 0.5) is 11.4 Å². The number of rotatable bonds is 12. The molecule has 2 aromatic rings. The van der Waals surface area contributed by atoms with Crippen molar-refractivity contribution in [3.8, 4) is 0 Å². The quantitative estimate of drug-likeness (QED) is 0.208. The highest BCUT2D eigenvalue weighted by Gasteiger charge is 2.51. The van der Waals surface area contributed by atoms with E-state index < -0.39 is 17.4 Å². The topological polar surface area (TPSA) is 102 Å². The lowest BCUT2D eigenvalue weighted by atomic mass is 9.98. The van der Waals surface area contributed by atoms with E-state index in [2.05, 4.69) is 26.1 Å². The fraction of sp³-hybridized carbons (Fsp3) is 0.533. The molecule has 2 aromatic carbocycles. The number of nitrogens with two attached hydrogens (primary N) is 1. The normalized spacial score (nSPS) is 15.9. The molecule has 0 bridgehead atoms. The minimum Gasteiger partial charge on any atom is -0.385 e. The SMILES string of the molecule is CC(C)CCCNc1ccc(SP(C)(=O)C2(C(N)=O)CCOCC2)cc1.CCCN(C(C)=O)c1ccccc1. The van der Waals surface area contributed by atoms with E-state index in [0.717, 1.165) is 48.1 Å². The Balaban J connectivity index is 0.000000344. The van der Waals surface area contributed by atoms with Gasteiger partial charge in [0.25, 0.3) is 0 Å². The Bertz CT molecular complexity index is 1070. The number of ether oxygens (including phenoxy) is 1. The van der Waals surface area contributed by atoms with Crippen molar-refractivity contribution < 1.29 is 18.9 Å². The van der Waals surface area contributed by atoms with Crippen LogP contribution in [0.15, 0.2) is 59.5 Å². The van der Waals surface area contributed by atoms with Crippen LogP contribution in [0.25, 0.3) is 0 Å². The standard InChI is InChI=1S/C19H31N2O3PS.C11H15NO/c1-15(2)5-4-12-21-16-6-8-17(9-7-16)26-25(3,23)19(18(20)22)10-13-24-14-11-19;1-3-9-12(10(2)13)11-7-5-4-6-8-11/h6-9,15,21H,4-5,10-14H2,1-3H3,(H2,20,22);4-8H,3,9H2,1-2H3. The van der Waals surface area contributed by atoms with Crippen LogP contribution in [0.5, 0.6) is 0 Å². The summed E-state index contributed by atoms with van der Waals surface area (Å²) in [5, 5.41) is 2.44. The number of carbonyl (C=O) groups excluding carboxylic acids is 2. The summed E-state index contributed by atoms with van der Waals surface area (Å²) in [5.74, 6) is 0.354. The Labute approximate surface area is 238 Å². The molecule has 1 aliphatic rings. The predicted molar refractivity (Wildman–Crippen MR) is 165 cm³/mol. The number of benzene rings is 2. The number of hydrogen-bond acceptors (Lipinski definition) is 6. The molecule has 1 fully saturated rings. The van der Waals surface area contributed by atoms with Crippen molar-refractivity contribution >= 4 is 40.9 Å². The largest absolute Gasteiger partial charge is 0.385 e. The molecule has 1 unspecified atom stereocenters. The molecule has 1 aliphatic heterocycles. The molecule has 1 saturated heterocycles. The predicted octanol–water partition coefficient (Wildman–Crippen LogP) is 7.02. The van der Waals surface area contributed by atoms with Gasteiger partial charge in [-0.3, -0.25) is 9.59 Å². The van der Waals surface area contributed by atoms with Crippen molar-refractivity contribution in [2.75, 3.05) is 43.2 Å². The number of hydrogen-bond donors (Lipinski definition) is 2. The Morgan fingerprint density at radius 1 is 1.10 bits per heavy atom. The van der Waals surface area contributed by atoms with E-state index in [1.807, 2.05) is 54.6 Å². The van der Waals surface area contributed by atoms with Crippen molar-refractivity contribution in [3.05, 3.63) is 54.6 Å². The summed E-state index contributed by atoms with van der Waals surface area (Å²) >= 11 is 1.29. The van der Waals surface area contributed by atoms with Gasteiger partial charge in [0.15, 0.2) is 6.34 Å². The summed E-state index contributed by atoms with van der Waals surface area (Å²) in [5.41, 5.74) is 7.70. The molecular weight excluding hydrogens is 529 g/mol. The second-order valence-electron chi connectivity index (χ2n) is 10.4. The Kier molecular flexibility index (Phi) is 13.6. The molecule has 0 aliphatic carbocycles. The first-order valence-corrected chi connectivity index (χ1v) is 17.4. The smallest absolute Gasteiger partial charge is 0.232 e. The van der Waals surface area contributed by atoms with Gasteiger partial charge in [-0.05, 0) is 81.1 Å². The molecular formula is C30H46N3O4PS. The van der Waals surface area contributed by atoms with Gasteiger partial charge in [-0.15, -0.1) is 0 Å². The minimum absolute atomic E-state index is 0.105. The van der Waals surface area contributed by atoms with Gasteiger partial charge in [0.2, 0.25) is 11.8 Å². The van der Waals surface area contributed by atoms with Crippen LogP contribution < -0.4 is 16.0 Å². The van der Waals surface area contributed by atoms with Crippen molar-refractivity contribution in [2.45, 2.75) is 69.9 Å². The summed E-state index contributed by atoms with van der Waals surface area (Å²) in [7, 11) is 0. The van der Waals surface area contributed by atoms with Crippen LogP contribution in [-0.2, 0) is 18.9 Å². The lowest BCUT2D eigenvalue weighted by Gasteiger charge is -2.38. The second kappa shape index (κ2) is 16.1. The van der Waals surface area contributed by atoms with E-state index in [1.165, 1.54) is 17.8 Å². The molecule has 7 nitrogen and oxygen atoms in total. The van der Waals surface area contributed by atoms with E-state index in [4.69, 9.17) is 10.5 Å². The van der Waals surface area contributed by atoms with Crippen molar-refractivity contribution in [1.29, 1.82) is 0 Å². The zero-order valence-electron chi connectivity index (χ0n) is 24.2. The maximum Gasteiger partial charge on any atom is 0.232 e. The fourth-order valence-corrected chi connectivity index (χ4v) is 9.67. The lowest BCUT2D eigenvalue weighted by molar-refractivity contribution is -0.123. The van der Waals surface area contributed by atoms with E-state index in [-0.39, 0.29) is 5.91 Å². The first-order chi connectivity index (χ1) is 18.5. The van der Waals surface area contributed by atoms with E-state index >= 15 is 0 Å². The molecule has 39 heavy (non-hydrogen) atoms. The molecule has 1 heterocycles. The van der Waals surface area contributed by atoms with Gasteiger partial charge in [-0.1, -0.05) is 50.4 Å². The zero-order chi connectivity index (χ0) is 28.9. The molecule has 9 heteroatoms. The summed E-state index contributed by atoms with van der Waals surface area (Å²) in [4.78, 5) is 26.1. The maximum atomic E-state index is 13.5. The van der Waals surface area contributed by atoms with Gasteiger partial charge < -0.3 is 25.3 Å². The van der Waals surface area contributed by atoms with E-state index in [1.54, 1.807) is 18.5 Å². The number of nitrogens with one attached hydrogen (secondary N) is 1. The monoisotopic (exact) mass is 575 g/mol. The molecule has 0 radical (unpaired) electrons. The van der Waals surface area contributed by atoms with Gasteiger partial charge in [-0.2, -0.15) is 0 Å². The van der Waals surface area contributed by atoms with Gasteiger partial charge in [-0.25, -0.2) is 0 Å². The molecule has 216 valence electrons. The van der Waals surface area contributed by atoms with E-state index in [9.17, 15) is 14.2 Å². The van der Waals surface area contributed by atoms with Crippen molar-refractivity contribution in [1.82, 2.24) is 0 Å². The Morgan fingerprint density at radius 2 is 1.72 bits per heavy atom. The molecule has 1 atom stereocenters. The van der Waals surface area contributed by atoms with E-state index in [0.29, 0.717) is 26.1 Å². The van der Waals surface area contributed by atoms with Crippen LogP contribution in [-0.4, -0.2) is 49.9 Å².